The summed E-state index contributed by atoms with van der Waals surface area (Å²) in [7, 11) is 0. The molecule has 1 aromatic rings. The molecule has 2 atom stereocenters. The zero-order valence-corrected chi connectivity index (χ0v) is 10.6. The van der Waals surface area contributed by atoms with Gasteiger partial charge in [-0.15, -0.1) is 0 Å². The first-order valence-corrected chi connectivity index (χ1v) is 6.77. The molecule has 2 aliphatic rings. The standard InChI is InChI=1S/C13H22N4/c1-10-13(16-9-15-10)8-17-6-4-12-11(7-17)3-2-5-14-12/h9,11-12,14H,2-8H2,1H3,(H,15,16)/t11-,12+/m1/s1. The fourth-order valence-electron chi connectivity index (χ4n) is 3.22. The summed E-state index contributed by atoms with van der Waals surface area (Å²) in [6.45, 7) is 6.79. The summed E-state index contributed by atoms with van der Waals surface area (Å²) in [4.78, 5) is 10.1. The predicted molar refractivity (Wildman–Crippen MR) is 67.7 cm³/mol. The molecule has 2 aliphatic heterocycles. The lowest BCUT2D eigenvalue weighted by molar-refractivity contribution is 0.108. The van der Waals surface area contributed by atoms with Gasteiger partial charge in [0.1, 0.15) is 0 Å². The van der Waals surface area contributed by atoms with Crippen LogP contribution in [0.2, 0.25) is 0 Å². The zero-order valence-electron chi connectivity index (χ0n) is 10.6. The van der Waals surface area contributed by atoms with Gasteiger partial charge in [0.25, 0.3) is 0 Å². The van der Waals surface area contributed by atoms with Crippen LogP contribution in [0.3, 0.4) is 0 Å². The van der Waals surface area contributed by atoms with E-state index in [0.29, 0.717) is 0 Å². The molecular weight excluding hydrogens is 212 g/mol. The summed E-state index contributed by atoms with van der Waals surface area (Å²) in [5.74, 6) is 0.858. The Hall–Kier alpha value is -0.870. The van der Waals surface area contributed by atoms with E-state index < -0.39 is 0 Å². The van der Waals surface area contributed by atoms with Crippen LogP contribution in [0.5, 0.6) is 0 Å². The number of aryl methyl sites for hydroxylation is 1. The second-order valence-corrected chi connectivity index (χ2v) is 5.46. The van der Waals surface area contributed by atoms with Crippen LogP contribution in [0.15, 0.2) is 6.33 Å². The predicted octanol–water partition coefficient (Wildman–Crippen LogP) is 1.29. The molecule has 94 valence electrons. The number of imidazole rings is 1. The lowest BCUT2D eigenvalue weighted by atomic mass is 9.85. The smallest absolute Gasteiger partial charge is 0.0925 e. The van der Waals surface area contributed by atoms with Crippen molar-refractivity contribution in [2.24, 2.45) is 5.92 Å². The first kappa shape index (κ1) is 11.2. The van der Waals surface area contributed by atoms with Gasteiger partial charge in [-0.2, -0.15) is 0 Å². The molecule has 0 radical (unpaired) electrons. The average molecular weight is 234 g/mol. The summed E-state index contributed by atoms with van der Waals surface area (Å²) in [5, 5.41) is 3.66. The Bertz CT molecular complexity index is 373. The number of piperidine rings is 2. The van der Waals surface area contributed by atoms with Crippen LogP contribution < -0.4 is 5.32 Å². The molecule has 0 aliphatic carbocycles. The quantitative estimate of drug-likeness (QED) is 0.810. The third-order valence-electron chi connectivity index (χ3n) is 4.28. The Morgan fingerprint density at radius 2 is 2.41 bits per heavy atom. The molecule has 1 aromatic heterocycles. The number of hydrogen-bond donors (Lipinski definition) is 2. The fraction of sp³-hybridized carbons (Fsp3) is 0.769. The third-order valence-corrected chi connectivity index (χ3v) is 4.28. The number of aromatic amines is 1. The minimum atomic E-state index is 0.778. The normalized spacial score (nSPS) is 30.2. The molecule has 3 rings (SSSR count). The molecule has 2 fully saturated rings. The molecular formula is C13H22N4. The van der Waals surface area contributed by atoms with Crippen molar-refractivity contribution in [1.29, 1.82) is 0 Å². The monoisotopic (exact) mass is 234 g/mol. The van der Waals surface area contributed by atoms with Crippen LogP contribution in [0.1, 0.15) is 30.7 Å². The summed E-state index contributed by atoms with van der Waals surface area (Å²) in [6.07, 6.45) is 5.85. The minimum absolute atomic E-state index is 0.778. The Balaban J connectivity index is 1.60. The molecule has 0 spiro atoms. The van der Waals surface area contributed by atoms with Crippen molar-refractivity contribution in [3.63, 3.8) is 0 Å². The average Bonchev–Trinajstić information content (AvgIpc) is 2.75. The van der Waals surface area contributed by atoms with Gasteiger partial charge in [-0.1, -0.05) is 0 Å². The maximum Gasteiger partial charge on any atom is 0.0925 e. The molecule has 0 amide bonds. The Labute approximate surface area is 103 Å². The fourth-order valence-corrected chi connectivity index (χ4v) is 3.22. The number of likely N-dealkylation sites (tertiary alicyclic amines) is 1. The van der Waals surface area contributed by atoms with E-state index in [9.17, 15) is 0 Å². The van der Waals surface area contributed by atoms with Gasteiger partial charge in [-0.3, -0.25) is 4.90 Å². The van der Waals surface area contributed by atoms with Gasteiger partial charge < -0.3 is 10.3 Å². The lowest BCUT2D eigenvalue weighted by Crippen LogP contribution is -2.51. The largest absolute Gasteiger partial charge is 0.348 e. The van der Waals surface area contributed by atoms with Gasteiger partial charge in [0, 0.05) is 31.4 Å². The van der Waals surface area contributed by atoms with Crippen LogP contribution in [-0.2, 0) is 6.54 Å². The number of aromatic nitrogens is 2. The topological polar surface area (TPSA) is 44.0 Å². The van der Waals surface area contributed by atoms with E-state index in [1.165, 1.54) is 50.3 Å². The SMILES string of the molecule is Cc1[nH]cnc1CN1CC[C@@H]2NCCC[C@@H]2C1. The molecule has 0 unspecified atom stereocenters. The Kier molecular flexibility index (Phi) is 3.16. The number of hydrogen-bond acceptors (Lipinski definition) is 3. The highest BCUT2D eigenvalue weighted by molar-refractivity contribution is 5.08. The third kappa shape index (κ3) is 2.38. The van der Waals surface area contributed by atoms with Crippen molar-refractivity contribution in [3.05, 3.63) is 17.7 Å². The second kappa shape index (κ2) is 4.78. The number of fused-ring (bicyclic) bond motifs is 1. The van der Waals surface area contributed by atoms with E-state index >= 15 is 0 Å². The van der Waals surface area contributed by atoms with E-state index in [2.05, 4.69) is 27.1 Å². The number of rotatable bonds is 2. The maximum atomic E-state index is 4.40. The minimum Gasteiger partial charge on any atom is -0.348 e. The number of nitrogens with one attached hydrogen (secondary N) is 2. The van der Waals surface area contributed by atoms with Crippen molar-refractivity contribution in [1.82, 2.24) is 20.2 Å². The van der Waals surface area contributed by atoms with Crippen molar-refractivity contribution in [2.75, 3.05) is 19.6 Å². The highest BCUT2D eigenvalue weighted by Gasteiger charge is 2.30. The van der Waals surface area contributed by atoms with Crippen molar-refractivity contribution >= 4 is 0 Å². The number of nitrogens with zero attached hydrogens (tertiary/aromatic N) is 2. The first-order valence-electron chi connectivity index (χ1n) is 6.77. The summed E-state index contributed by atoms with van der Waals surface area (Å²) < 4.78 is 0. The van der Waals surface area contributed by atoms with E-state index in [4.69, 9.17) is 0 Å². The van der Waals surface area contributed by atoms with Crippen molar-refractivity contribution < 1.29 is 0 Å². The molecule has 4 nitrogen and oxygen atoms in total. The van der Waals surface area contributed by atoms with E-state index in [1.54, 1.807) is 6.33 Å². The summed E-state index contributed by atoms with van der Waals surface area (Å²) >= 11 is 0. The molecule has 0 saturated carbocycles. The molecule has 0 bridgehead atoms. The molecule has 2 N–H and O–H groups in total. The maximum absolute atomic E-state index is 4.40. The number of H-pyrrole nitrogens is 1. The van der Waals surface area contributed by atoms with Gasteiger partial charge in [-0.25, -0.2) is 4.98 Å². The molecule has 17 heavy (non-hydrogen) atoms. The summed E-state index contributed by atoms with van der Waals surface area (Å²) in [5.41, 5.74) is 2.43. The van der Waals surface area contributed by atoms with Crippen LogP contribution in [0, 0.1) is 12.8 Å². The van der Waals surface area contributed by atoms with Gasteiger partial charge in [0.15, 0.2) is 0 Å². The van der Waals surface area contributed by atoms with Gasteiger partial charge in [0.2, 0.25) is 0 Å². The van der Waals surface area contributed by atoms with Crippen LogP contribution in [0.25, 0.3) is 0 Å². The van der Waals surface area contributed by atoms with Crippen LogP contribution >= 0.6 is 0 Å². The van der Waals surface area contributed by atoms with Gasteiger partial charge in [0.05, 0.1) is 12.0 Å². The molecule has 0 aromatic carbocycles. The van der Waals surface area contributed by atoms with E-state index in [1.807, 2.05) is 0 Å². The van der Waals surface area contributed by atoms with Gasteiger partial charge in [-0.05, 0) is 38.6 Å². The lowest BCUT2D eigenvalue weighted by Gasteiger charge is -2.41. The van der Waals surface area contributed by atoms with Crippen LogP contribution in [0.4, 0.5) is 0 Å². The Morgan fingerprint density at radius 1 is 1.47 bits per heavy atom. The second-order valence-electron chi connectivity index (χ2n) is 5.46. The molecule has 2 saturated heterocycles. The molecule has 3 heterocycles. The highest BCUT2D eigenvalue weighted by atomic mass is 15.2. The van der Waals surface area contributed by atoms with E-state index in [-0.39, 0.29) is 0 Å². The molecule has 4 heteroatoms. The van der Waals surface area contributed by atoms with Crippen molar-refractivity contribution in [3.8, 4) is 0 Å². The Morgan fingerprint density at radius 3 is 3.24 bits per heavy atom. The highest BCUT2D eigenvalue weighted by Crippen LogP contribution is 2.25. The first-order chi connectivity index (χ1) is 8.33. The summed E-state index contributed by atoms with van der Waals surface area (Å²) in [6, 6.07) is 0.778. The van der Waals surface area contributed by atoms with E-state index in [0.717, 1.165) is 18.5 Å². The zero-order chi connectivity index (χ0) is 11.7. The van der Waals surface area contributed by atoms with Crippen LogP contribution in [-0.4, -0.2) is 40.5 Å². The van der Waals surface area contributed by atoms with Gasteiger partial charge >= 0.3 is 0 Å². The van der Waals surface area contributed by atoms with Crippen molar-refractivity contribution in [2.45, 2.75) is 38.8 Å².